The van der Waals surface area contributed by atoms with Crippen LogP contribution >= 0.6 is 24.0 Å². The van der Waals surface area contributed by atoms with Gasteiger partial charge in [-0.1, -0.05) is 24.1 Å². The first-order chi connectivity index (χ1) is 6.77. The summed E-state index contributed by atoms with van der Waals surface area (Å²) in [6, 6.07) is 5.07. The highest BCUT2D eigenvalue weighted by Gasteiger charge is 2.17. The Labute approximate surface area is 100 Å². The molecule has 1 heterocycles. The molecule has 1 aromatic carbocycles. The summed E-state index contributed by atoms with van der Waals surface area (Å²) in [5.74, 6) is -0.197. The second kappa shape index (κ2) is 5.69. The maximum absolute atomic E-state index is 13.5. The molecule has 1 aliphatic heterocycles. The van der Waals surface area contributed by atoms with Gasteiger partial charge >= 0.3 is 0 Å². The molecule has 1 fully saturated rings. The fourth-order valence-corrected chi connectivity index (χ4v) is 2.06. The molecule has 0 amide bonds. The van der Waals surface area contributed by atoms with Gasteiger partial charge in [0.05, 0.1) is 0 Å². The molecular weight excluding hydrogens is 236 g/mol. The van der Waals surface area contributed by atoms with E-state index in [0.717, 1.165) is 18.5 Å². The van der Waals surface area contributed by atoms with E-state index < -0.39 is 0 Å². The molecule has 0 unspecified atom stereocenters. The van der Waals surface area contributed by atoms with E-state index in [1.54, 1.807) is 12.1 Å². The Morgan fingerprint density at radius 3 is 2.73 bits per heavy atom. The fraction of sp³-hybridized carbons (Fsp3) is 0.455. The second-order valence-electron chi connectivity index (χ2n) is 3.67. The van der Waals surface area contributed by atoms with Gasteiger partial charge in [0.25, 0.3) is 0 Å². The van der Waals surface area contributed by atoms with E-state index in [0.29, 0.717) is 5.02 Å². The molecule has 1 aliphatic rings. The van der Waals surface area contributed by atoms with Gasteiger partial charge in [0.15, 0.2) is 0 Å². The molecule has 0 saturated carbocycles. The predicted octanol–water partition coefficient (Wildman–Crippen LogP) is 3.72. The van der Waals surface area contributed by atoms with Crippen LogP contribution in [0.15, 0.2) is 18.2 Å². The maximum Gasteiger partial charge on any atom is 0.129 e. The average molecular weight is 250 g/mol. The molecular formula is C11H14Cl2FN. The third-order valence-electron chi connectivity index (χ3n) is 2.65. The Morgan fingerprint density at radius 1 is 1.33 bits per heavy atom. The Balaban J connectivity index is 0.00000112. The predicted molar refractivity (Wildman–Crippen MR) is 63.3 cm³/mol. The molecule has 0 radical (unpaired) electrons. The summed E-state index contributed by atoms with van der Waals surface area (Å²) >= 11 is 5.70. The van der Waals surface area contributed by atoms with Crippen molar-refractivity contribution in [2.45, 2.75) is 25.3 Å². The van der Waals surface area contributed by atoms with Crippen molar-refractivity contribution in [2.24, 2.45) is 0 Å². The van der Waals surface area contributed by atoms with Gasteiger partial charge in [-0.05, 0) is 31.5 Å². The Kier molecular flexibility index (Phi) is 4.84. The van der Waals surface area contributed by atoms with Crippen LogP contribution in [0.5, 0.6) is 0 Å². The first kappa shape index (κ1) is 12.8. The molecule has 4 heteroatoms. The van der Waals surface area contributed by atoms with Crippen LogP contribution in [0.2, 0.25) is 5.02 Å². The van der Waals surface area contributed by atoms with Gasteiger partial charge in [0, 0.05) is 16.6 Å². The topological polar surface area (TPSA) is 12.0 Å². The van der Waals surface area contributed by atoms with Gasteiger partial charge in [-0.25, -0.2) is 4.39 Å². The van der Waals surface area contributed by atoms with Gasteiger partial charge in [-0.15, -0.1) is 12.4 Å². The number of benzene rings is 1. The zero-order valence-corrected chi connectivity index (χ0v) is 9.87. The summed E-state index contributed by atoms with van der Waals surface area (Å²) in [4.78, 5) is 0. The minimum Gasteiger partial charge on any atom is -0.310 e. The van der Waals surface area contributed by atoms with E-state index in [1.165, 1.54) is 18.9 Å². The van der Waals surface area contributed by atoms with E-state index in [9.17, 15) is 4.39 Å². The first-order valence-electron chi connectivity index (χ1n) is 4.96. The molecule has 0 aromatic heterocycles. The van der Waals surface area contributed by atoms with Gasteiger partial charge in [0.2, 0.25) is 0 Å². The smallest absolute Gasteiger partial charge is 0.129 e. The Bertz CT molecular complexity index is 324. The van der Waals surface area contributed by atoms with Crippen molar-refractivity contribution in [3.63, 3.8) is 0 Å². The normalized spacial score (nSPS) is 20.8. The molecule has 2 rings (SSSR count). The highest BCUT2D eigenvalue weighted by Crippen LogP contribution is 2.26. The largest absolute Gasteiger partial charge is 0.310 e. The SMILES string of the molecule is Cl.Fc1cc(Cl)ccc1[C@H]1CCCCN1. The van der Waals surface area contributed by atoms with Gasteiger partial charge in [0.1, 0.15) is 5.82 Å². The molecule has 1 nitrogen and oxygen atoms in total. The lowest BCUT2D eigenvalue weighted by Crippen LogP contribution is -2.27. The number of nitrogens with one attached hydrogen (secondary N) is 1. The lowest BCUT2D eigenvalue weighted by atomic mass is 9.97. The fourth-order valence-electron chi connectivity index (χ4n) is 1.90. The molecule has 84 valence electrons. The number of rotatable bonds is 1. The number of hydrogen-bond donors (Lipinski definition) is 1. The lowest BCUT2D eigenvalue weighted by Gasteiger charge is -2.24. The van der Waals surface area contributed by atoms with E-state index >= 15 is 0 Å². The van der Waals surface area contributed by atoms with Crippen LogP contribution in [0.25, 0.3) is 0 Å². The average Bonchev–Trinajstić information content (AvgIpc) is 2.19. The van der Waals surface area contributed by atoms with Crippen molar-refractivity contribution in [1.29, 1.82) is 0 Å². The van der Waals surface area contributed by atoms with Crippen molar-refractivity contribution in [2.75, 3.05) is 6.54 Å². The highest BCUT2D eigenvalue weighted by atomic mass is 35.5. The summed E-state index contributed by atoms with van der Waals surface area (Å²) in [7, 11) is 0. The van der Waals surface area contributed by atoms with Crippen molar-refractivity contribution < 1.29 is 4.39 Å². The van der Waals surface area contributed by atoms with E-state index in [1.807, 2.05) is 0 Å². The minimum absolute atomic E-state index is 0. The molecule has 0 aliphatic carbocycles. The van der Waals surface area contributed by atoms with Crippen molar-refractivity contribution in [3.05, 3.63) is 34.6 Å². The molecule has 1 saturated heterocycles. The zero-order chi connectivity index (χ0) is 9.97. The van der Waals surface area contributed by atoms with Crippen LogP contribution in [0.3, 0.4) is 0 Å². The molecule has 1 atom stereocenters. The summed E-state index contributed by atoms with van der Waals surface area (Å²) in [5.41, 5.74) is 0.745. The molecule has 15 heavy (non-hydrogen) atoms. The molecule has 1 aromatic rings. The third-order valence-corrected chi connectivity index (χ3v) is 2.88. The standard InChI is InChI=1S/C11H13ClFN.ClH/c12-8-4-5-9(10(13)7-8)11-3-1-2-6-14-11;/h4-5,7,11,14H,1-3,6H2;1H/t11-;/m1./s1. The van der Waals surface area contributed by atoms with E-state index in [2.05, 4.69) is 5.32 Å². The van der Waals surface area contributed by atoms with E-state index in [-0.39, 0.29) is 24.3 Å². The number of halogens is 3. The molecule has 0 bridgehead atoms. The van der Waals surface area contributed by atoms with Gasteiger partial charge < -0.3 is 5.32 Å². The van der Waals surface area contributed by atoms with Crippen LogP contribution < -0.4 is 5.32 Å². The van der Waals surface area contributed by atoms with Crippen LogP contribution in [0.4, 0.5) is 4.39 Å². The monoisotopic (exact) mass is 249 g/mol. The van der Waals surface area contributed by atoms with Gasteiger partial charge in [-0.2, -0.15) is 0 Å². The second-order valence-corrected chi connectivity index (χ2v) is 4.10. The summed E-state index contributed by atoms with van der Waals surface area (Å²) in [6.45, 7) is 0.979. The molecule has 0 spiro atoms. The lowest BCUT2D eigenvalue weighted by molar-refractivity contribution is 0.400. The van der Waals surface area contributed by atoms with Gasteiger partial charge in [-0.3, -0.25) is 0 Å². The first-order valence-corrected chi connectivity index (χ1v) is 5.33. The zero-order valence-electron chi connectivity index (χ0n) is 8.30. The van der Waals surface area contributed by atoms with E-state index in [4.69, 9.17) is 11.6 Å². The molecule has 1 N–H and O–H groups in total. The highest BCUT2D eigenvalue weighted by molar-refractivity contribution is 6.30. The third kappa shape index (κ3) is 3.07. The van der Waals surface area contributed by atoms with Crippen LogP contribution in [-0.2, 0) is 0 Å². The Morgan fingerprint density at radius 2 is 2.13 bits per heavy atom. The van der Waals surface area contributed by atoms with Crippen molar-refractivity contribution >= 4 is 24.0 Å². The number of hydrogen-bond acceptors (Lipinski definition) is 1. The van der Waals surface area contributed by atoms with Crippen molar-refractivity contribution in [3.8, 4) is 0 Å². The number of piperidine rings is 1. The quantitative estimate of drug-likeness (QED) is 0.801. The van der Waals surface area contributed by atoms with Crippen LogP contribution in [-0.4, -0.2) is 6.54 Å². The Hall–Kier alpha value is -0.310. The van der Waals surface area contributed by atoms with Crippen molar-refractivity contribution in [1.82, 2.24) is 5.32 Å². The summed E-state index contributed by atoms with van der Waals surface area (Å²) in [5, 5.41) is 3.77. The van der Waals surface area contributed by atoms with Crippen LogP contribution in [0.1, 0.15) is 30.9 Å². The van der Waals surface area contributed by atoms with Crippen LogP contribution in [0, 0.1) is 5.82 Å². The summed E-state index contributed by atoms with van der Waals surface area (Å²) < 4.78 is 13.5. The summed E-state index contributed by atoms with van der Waals surface area (Å²) in [6.07, 6.45) is 3.37. The maximum atomic E-state index is 13.5. The minimum atomic E-state index is -0.197.